The van der Waals surface area contributed by atoms with Crippen molar-refractivity contribution in [3.05, 3.63) is 65.7 Å². The van der Waals surface area contributed by atoms with Gasteiger partial charge in [0.05, 0.1) is 25.2 Å². The van der Waals surface area contributed by atoms with Crippen LogP contribution in [0.4, 0.5) is 0 Å². The van der Waals surface area contributed by atoms with E-state index in [4.69, 9.17) is 13.9 Å². The van der Waals surface area contributed by atoms with Crippen LogP contribution in [-0.4, -0.2) is 40.0 Å². The number of carbonyl (C=O) groups excluding carboxylic acids is 1. The van der Waals surface area contributed by atoms with E-state index < -0.39 is 13.9 Å². The molecule has 1 aliphatic carbocycles. The third-order valence-electron chi connectivity index (χ3n) is 8.30. The summed E-state index contributed by atoms with van der Waals surface area (Å²) in [6.07, 6.45) is 1.54. The molecular formula is C28H38O4Si. The van der Waals surface area contributed by atoms with Crippen LogP contribution in [0.2, 0.25) is 18.1 Å². The summed E-state index contributed by atoms with van der Waals surface area (Å²) >= 11 is 0. The number of Topliss-reactive ketones (excluding diaryl/α,β-unsaturated/α-hetero) is 1. The van der Waals surface area contributed by atoms with Crippen molar-refractivity contribution in [3.63, 3.8) is 0 Å². The van der Waals surface area contributed by atoms with Crippen molar-refractivity contribution in [3.8, 4) is 5.75 Å². The van der Waals surface area contributed by atoms with E-state index >= 15 is 0 Å². The van der Waals surface area contributed by atoms with E-state index in [9.17, 15) is 4.79 Å². The molecule has 1 saturated heterocycles. The Hall–Kier alpha value is -1.95. The van der Waals surface area contributed by atoms with Gasteiger partial charge in [-0.2, -0.15) is 0 Å². The normalized spacial score (nSPS) is 27.8. The number of methoxy groups -OCH3 is 1. The van der Waals surface area contributed by atoms with Gasteiger partial charge in [0.15, 0.2) is 14.1 Å². The molecule has 1 aliphatic heterocycles. The Balaban J connectivity index is 1.80. The third-order valence-corrected chi connectivity index (χ3v) is 12.8. The Bertz CT molecular complexity index is 964. The predicted molar refractivity (Wildman–Crippen MR) is 135 cm³/mol. The SMILES string of the molecule is COc1ccc(C2CC(C(=O)c3ccccc3)C3(O[Si](C)(C)C(C)(C)C)CCOCC23)cc1. The summed E-state index contributed by atoms with van der Waals surface area (Å²) in [6, 6.07) is 18.1. The van der Waals surface area contributed by atoms with Crippen molar-refractivity contribution in [1.29, 1.82) is 0 Å². The van der Waals surface area contributed by atoms with Gasteiger partial charge in [-0.15, -0.1) is 0 Å². The summed E-state index contributed by atoms with van der Waals surface area (Å²) in [7, 11) is -0.462. The van der Waals surface area contributed by atoms with Crippen LogP contribution >= 0.6 is 0 Å². The summed E-state index contributed by atoms with van der Waals surface area (Å²) < 4.78 is 18.7. The third kappa shape index (κ3) is 4.43. The number of benzene rings is 2. The Kier molecular flexibility index (Phi) is 6.60. The van der Waals surface area contributed by atoms with E-state index in [-0.39, 0.29) is 28.6 Å². The van der Waals surface area contributed by atoms with Gasteiger partial charge in [0.2, 0.25) is 0 Å². The van der Waals surface area contributed by atoms with E-state index in [0.717, 1.165) is 24.2 Å². The van der Waals surface area contributed by atoms with Crippen LogP contribution in [0.15, 0.2) is 54.6 Å². The molecular weight excluding hydrogens is 428 g/mol. The van der Waals surface area contributed by atoms with Crippen LogP contribution in [0.3, 0.4) is 0 Å². The zero-order chi connectivity index (χ0) is 23.9. The van der Waals surface area contributed by atoms with E-state index in [1.54, 1.807) is 7.11 Å². The van der Waals surface area contributed by atoms with Crippen molar-refractivity contribution in [2.24, 2.45) is 11.8 Å². The predicted octanol–water partition coefficient (Wildman–Crippen LogP) is 6.48. The molecule has 2 aromatic rings. The second-order valence-corrected chi connectivity index (χ2v) is 15.9. The van der Waals surface area contributed by atoms with E-state index in [2.05, 4.69) is 46.0 Å². The van der Waals surface area contributed by atoms with Gasteiger partial charge in [-0.1, -0.05) is 63.2 Å². The molecule has 178 valence electrons. The molecule has 0 radical (unpaired) electrons. The molecule has 4 atom stereocenters. The topological polar surface area (TPSA) is 44.8 Å². The van der Waals surface area contributed by atoms with Gasteiger partial charge in [-0.3, -0.25) is 4.79 Å². The van der Waals surface area contributed by atoms with Crippen LogP contribution < -0.4 is 4.74 Å². The molecule has 2 aromatic carbocycles. The zero-order valence-electron chi connectivity index (χ0n) is 20.9. The first-order valence-corrected chi connectivity index (χ1v) is 15.0. The molecule has 4 rings (SSSR count). The van der Waals surface area contributed by atoms with Gasteiger partial charge in [-0.25, -0.2) is 0 Å². The fraction of sp³-hybridized carbons (Fsp3) is 0.536. The minimum absolute atomic E-state index is 0.0587. The van der Waals surface area contributed by atoms with E-state index in [0.29, 0.717) is 13.2 Å². The van der Waals surface area contributed by atoms with Crippen LogP contribution in [0.5, 0.6) is 5.75 Å². The van der Waals surface area contributed by atoms with Crippen molar-refractivity contribution in [2.75, 3.05) is 20.3 Å². The van der Waals surface area contributed by atoms with Crippen molar-refractivity contribution < 1.29 is 18.7 Å². The van der Waals surface area contributed by atoms with Crippen LogP contribution in [0, 0.1) is 11.8 Å². The Morgan fingerprint density at radius 3 is 2.33 bits per heavy atom. The van der Waals surface area contributed by atoms with Crippen molar-refractivity contribution >= 4 is 14.1 Å². The second kappa shape index (κ2) is 9.01. The highest BCUT2D eigenvalue weighted by atomic mass is 28.4. The van der Waals surface area contributed by atoms with Gasteiger partial charge in [0, 0.05) is 18.1 Å². The first kappa shape index (κ1) is 24.2. The lowest BCUT2D eigenvalue weighted by Crippen LogP contribution is -2.58. The number of carbonyl (C=O) groups is 1. The van der Waals surface area contributed by atoms with Crippen molar-refractivity contribution in [2.45, 2.75) is 63.3 Å². The lowest BCUT2D eigenvalue weighted by Gasteiger charge is -2.51. The van der Waals surface area contributed by atoms with Crippen LogP contribution in [0.1, 0.15) is 55.5 Å². The number of fused-ring (bicyclic) bond motifs is 1. The lowest BCUT2D eigenvalue weighted by atomic mass is 9.75. The minimum Gasteiger partial charge on any atom is -0.497 e. The highest BCUT2D eigenvalue weighted by Gasteiger charge is 2.62. The molecule has 1 heterocycles. The summed E-state index contributed by atoms with van der Waals surface area (Å²) in [4.78, 5) is 14.0. The molecule has 1 saturated carbocycles. The first-order valence-electron chi connectivity index (χ1n) is 12.1. The summed E-state index contributed by atoms with van der Waals surface area (Å²) in [5.41, 5.74) is 1.51. The Morgan fingerprint density at radius 2 is 1.73 bits per heavy atom. The van der Waals surface area contributed by atoms with Crippen LogP contribution in [-0.2, 0) is 9.16 Å². The second-order valence-electron chi connectivity index (χ2n) is 11.1. The smallest absolute Gasteiger partial charge is 0.192 e. The first-order chi connectivity index (χ1) is 15.6. The highest BCUT2D eigenvalue weighted by molar-refractivity contribution is 6.74. The Labute approximate surface area is 199 Å². The zero-order valence-corrected chi connectivity index (χ0v) is 21.9. The molecule has 0 N–H and O–H groups in total. The molecule has 0 aromatic heterocycles. The monoisotopic (exact) mass is 466 g/mol. The van der Waals surface area contributed by atoms with E-state index in [1.165, 1.54) is 5.56 Å². The maximum absolute atomic E-state index is 14.0. The minimum atomic E-state index is -2.15. The van der Waals surface area contributed by atoms with Gasteiger partial charge in [-0.05, 0) is 54.6 Å². The standard InChI is InChI=1S/C28H38O4Si/c1-27(2,3)33(5,6)32-28-16-17-31-19-25(28)23(20-12-14-22(30-4)15-13-20)18-24(28)26(29)21-10-8-7-9-11-21/h7-15,23-25H,16-19H2,1-6H3. The summed E-state index contributed by atoms with van der Waals surface area (Å²) in [5, 5.41) is 0.0587. The molecule has 4 nitrogen and oxygen atoms in total. The fourth-order valence-electron chi connectivity index (χ4n) is 5.45. The molecule has 4 unspecified atom stereocenters. The van der Waals surface area contributed by atoms with Crippen molar-refractivity contribution in [1.82, 2.24) is 0 Å². The molecule has 0 amide bonds. The molecule has 33 heavy (non-hydrogen) atoms. The molecule has 5 heteroatoms. The summed E-state index contributed by atoms with van der Waals surface area (Å²) in [5.74, 6) is 1.22. The maximum Gasteiger partial charge on any atom is 0.192 e. The number of hydrogen-bond acceptors (Lipinski definition) is 4. The number of ether oxygens (including phenoxy) is 2. The number of ketones is 1. The molecule has 0 bridgehead atoms. The average Bonchev–Trinajstić information content (AvgIpc) is 3.12. The number of rotatable bonds is 6. The highest BCUT2D eigenvalue weighted by Crippen LogP contribution is 2.58. The Morgan fingerprint density at radius 1 is 1.06 bits per heavy atom. The summed E-state index contributed by atoms with van der Waals surface area (Å²) in [6.45, 7) is 12.7. The van der Waals surface area contributed by atoms with Gasteiger partial charge in [0.1, 0.15) is 5.75 Å². The largest absolute Gasteiger partial charge is 0.497 e. The fourth-order valence-corrected chi connectivity index (χ4v) is 7.11. The molecule has 2 aliphatic rings. The maximum atomic E-state index is 14.0. The molecule has 0 spiro atoms. The van der Waals surface area contributed by atoms with Crippen LogP contribution in [0.25, 0.3) is 0 Å². The average molecular weight is 467 g/mol. The van der Waals surface area contributed by atoms with Gasteiger partial charge in [0.25, 0.3) is 0 Å². The quantitative estimate of drug-likeness (QED) is 0.361. The van der Waals surface area contributed by atoms with E-state index in [1.807, 2.05) is 42.5 Å². The number of hydrogen-bond donors (Lipinski definition) is 0. The molecule has 2 fully saturated rings. The van der Waals surface area contributed by atoms with Gasteiger partial charge >= 0.3 is 0 Å². The lowest BCUT2D eigenvalue weighted by molar-refractivity contribution is -0.104. The van der Waals surface area contributed by atoms with Gasteiger partial charge < -0.3 is 13.9 Å².